The van der Waals surface area contributed by atoms with Crippen molar-refractivity contribution in [2.24, 2.45) is 7.05 Å². The van der Waals surface area contributed by atoms with E-state index in [1.54, 1.807) is 37.4 Å². The zero-order valence-electron chi connectivity index (χ0n) is 8.84. The Morgan fingerprint density at radius 1 is 1.25 bits per heavy atom. The minimum absolute atomic E-state index is 0.128. The van der Waals surface area contributed by atoms with Crippen molar-refractivity contribution in [3.63, 3.8) is 0 Å². The summed E-state index contributed by atoms with van der Waals surface area (Å²) in [4.78, 5) is 11.5. The van der Waals surface area contributed by atoms with E-state index in [1.807, 2.05) is 0 Å². The second-order valence-electron chi connectivity index (χ2n) is 3.59. The van der Waals surface area contributed by atoms with Gasteiger partial charge in [-0.05, 0) is 18.2 Å². The molecule has 0 saturated heterocycles. The molecular weight excluding hydrogens is 204 g/mol. The van der Waals surface area contributed by atoms with Crippen molar-refractivity contribution in [1.29, 1.82) is 0 Å². The molecular formula is C12H12N2O2. The maximum Gasteiger partial charge on any atom is 0.252 e. The number of nitrogens with two attached hydrogens (primary N) is 1. The van der Waals surface area contributed by atoms with Crippen LogP contribution in [0.5, 0.6) is 5.75 Å². The van der Waals surface area contributed by atoms with E-state index < -0.39 is 0 Å². The fraction of sp³-hybridized carbons (Fsp3) is 0.0833. The van der Waals surface area contributed by atoms with Crippen molar-refractivity contribution in [1.82, 2.24) is 4.57 Å². The van der Waals surface area contributed by atoms with Crippen LogP contribution in [0.1, 0.15) is 0 Å². The maximum atomic E-state index is 11.5. The van der Waals surface area contributed by atoms with Crippen LogP contribution in [0.2, 0.25) is 0 Å². The van der Waals surface area contributed by atoms with Gasteiger partial charge in [0.2, 0.25) is 0 Å². The Bertz CT molecular complexity index is 588. The van der Waals surface area contributed by atoms with Gasteiger partial charge in [0.15, 0.2) is 0 Å². The molecule has 2 aromatic rings. The van der Waals surface area contributed by atoms with Crippen LogP contribution in [0, 0.1) is 0 Å². The Hall–Kier alpha value is -2.23. The SMILES string of the molecule is Cn1c(-c2ccccc2O)cc(N)cc1=O. The molecule has 0 aliphatic rings. The average Bonchev–Trinajstić information content (AvgIpc) is 2.24. The molecule has 3 N–H and O–H groups in total. The van der Waals surface area contributed by atoms with E-state index in [4.69, 9.17) is 5.73 Å². The lowest BCUT2D eigenvalue weighted by atomic mass is 10.1. The van der Waals surface area contributed by atoms with Gasteiger partial charge in [-0.3, -0.25) is 4.79 Å². The van der Waals surface area contributed by atoms with Crippen LogP contribution < -0.4 is 11.3 Å². The molecule has 0 aliphatic heterocycles. The van der Waals surface area contributed by atoms with Gasteiger partial charge >= 0.3 is 0 Å². The predicted octanol–water partition coefficient (Wildman–Crippen LogP) is 1.34. The summed E-state index contributed by atoms with van der Waals surface area (Å²) in [7, 11) is 1.64. The Morgan fingerprint density at radius 2 is 1.94 bits per heavy atom. The first kappa shape index (κ1) is 10.3. The van der Waals surface area contributed by atoms with Crippen LogP contribution in [0.15, 0.2) is 41.2 Å². The van der Waals surface area contributed by atoms with Gasteiger partial charge in [0.1, 0.15) is 5.75 Å². The van der Waals surface area contributed by atoms with Gasteiger partial charge in [-0.1, -0.05) is 12.1 Å². The van der Waals surface area contributed by atoms with Gasteiger partial charge in [0.05, 0.1) is 5.69 Å². The highest BCUT2D eigenvalue weighted by Crippen LogP contribution is 2.28. The first-order valence-electron chi connectivity index (χ1n) is 4.84. The molecule has 1 aromatic heterocycles. The first-order chi connectivity index (χ1) is 7.59. The Kier molecular flexibility index (Phi) is 2.40. The smallest absolute Gasteiger partial charge is 0.252 e. The number of phenols is 1. The molecule has 1 heterocycles. The molecule has 4 nitrogen and oxygen atoms in total. The van der Waals surface area contributed by atoms with E-state index >= 15 is 0 Å². The summed E-state index contributed by atoms with van der Waals surface area (Å²) < 4.78 is 1.45. The molecule has 0 aliphatic carbocycles. The molecule has 4 heteroatoms. The predicted molar refractivity (Wildman–Crippen MR) is 63.2 cm³/mol. The fourth-order valence-electron chi connectivity index (χ4n) is 1.60. The highest BCUT2D eigenvalue weighted by atomic mass is 16.3. The van der Waals surface area contributed by atoms with Crippen molar-refractivity contribution in [3.05, 3.63) is 46.8 Å². The molecule has 82 valence electrons. The standard InChI is InChI=1S/C12H12N2O2/c1-14-10(6-8(13)7-12(14)16)9-4-2-3-5-11(9)15/h2-7,15H,13H2,1H3. The number of phenolic OH excluding ortho intramolecular Hbond substituents is 1. The van der Waals surface area contributed by atoms with E-state index in [-0.39, 0.29) is 11.3 Å². The number of benzene rings is 1. The zero-order valence-corrected chi connectivity index (χ0v) is 8.84. The molecule has 0 spiro atoms. The third kappa shape index (κ3) is 1.65. The van der Waals surface area contributed by atoms with Crippen LogP contribution in [0.3, 0.4) is 0 Å². The lowest BCUT2D eigenvalue weighted by Gasteiger charge is -2.10. The number of aromatic nitrogens is 1. The van der Waals surface area contributed by atoms with Gasteiger partial charge in [-0.15, -0.1) is 0 Å². The summed E-state index contributed by atoms with van der Waals surface area (Å²) in [5.41, 5.74) is 7.01. The zero-order chi connectivity index (χ0) is 11.7. The lowest BCUT2D eigenvalue weighted by Crippen LogP contribution is -2.18. The average molecular weight is 216 g/mol. The Morgan fingerprint density at radius 3 is 2.62 bits per heavy atom. The molecule has 0 amide bonds. The van der Waals surface area contributed by atoms with Gasteiger partial charge in [0.25, 0.3) is 5.56 Å². The Balaban J connectivity index is 2.74. The topological polar surface area (TPSA) is 68.2 Å². The number of anilines is 1. The molecule has 2 rings (SSSR count). The van der Waals surface area contributed by atoms with Crippen LogP contribution in [0.4, 0.5) is 5.69 Å². The molecule has 0 bridgehead atoms. The number of hydrogen-bond acceptors (Lipinski definition) is 3. The summed E-state index contributed by atoms with van der Waals surface area (Å²) in [6.45, 7) is 0. The third-order valence-electron chi connectivity index (χ3n) is 2.47. The molecule has 0 fully saturated rings. The quantitative estimate of drug-likeness (QED) is 0.755. The van der Waals surface area contributed by atoms with E-state index in [9.17, 15) is 9.90 Å². The number of aromatic hydroxyl groups is 1. The van der Waals surface area contributed by atoms with E-state index in [2.05, 4.69) is 0 Å². The largest absolute Gasteiger partial charge is 0.507 e. The second-order valence-corrected chi connectivity index (χ2v) is 3.59. The third-order valence-corrected chi connectivity index (χ3v) is 2.47. The highest BCUT2D eigenvalue weighted by Gasteiger charge is 2.08. The van der Waals surface area contributed by atoms with Gasteiger partial charge in [-0.2, -0.15) is 0 Å². The Labute approximate surface area is 92.6 Å². The minimum Gasteiger partial charge on any atom is -0.507 e. The summed E-state index contributed by atoms with van der Waals surface area (Å²) >= 11 is 0. The van der Waals surface area contributed by atoms with Gasteiger partial charge < -0.3 is 15.4 Å². The summed E-state index contributed by atoms with van der Waals surface area (Å²) in [5, 5.41) is 9.71. The number of rotatable bonds is 1. The molecule has 0 saturated carbocycles. The van der Waals surface area contributed by atoms with E-state index in [1.165, 1.54) is 10.6 Å². The highest BCUT2D eigenvalue weighted by molar-refractivity contribution is 5.69. The van der Waals surface area contributed by atoms with Crippen molar-refractivity contribution in [2.75, 3.05) is 5.73 Å². The summed E-state index contributed by atoms with van der Waals surface area (Å²) in [6.07, 6.45) is 0. The van der Waals surface area contributed by atoms with E-state index in [0.717, 1.165) is 0 Å². The number of pyridine rings is 1. The normalized spacial score (nSPS) is 10.3. The van der Waals surface area contributed by atoms with Crippen LogP contribution >= 0.6 is 0 Å². The van der Waals surface area contributed by atoms with Crippen molar-refractivity contribution in [3.8, 4) is 17.0 Å². The van der Waals surface area contributed by atoms with Crippen molar-refractivity contribution in [2.45, 2.75) is 0 Å². The maximum absolute atomic E-state index is 11.5. The first-order valence-corrected chi connectivity index (χ1v) is 4.84. The molecule has 0 atom stereocenters. The molecule has 0 unspecified atom stereocenters. The number of nitrogens with zero attached hydrogens (tertiary/aromatic N) is 1. The van der Waals surface area contributed by atoms with Crippen LogP contribution in [0.25, 0.3) is 11.3 Å². The fourth-order valence-corrected chi connectivity index (χ4v) is 1.60. The van der Waals surface area contributed by atoms with E-state index in [0.29, 0.717) is 16.9 Å². The van der Waals surface area contributed by atoms with Crippen LogP contribution in [-0.4, -0.2) is 9.67 Å². The van der Waals surface area contributed by atoms with Crippen molar-refractivity contribution >= 4 is 5.69 Å². The van der Waals surface area contributed by atoms with Crippen LogP contribution in [-0.2, 0) is 7.05 Å². The molecule has 16 heavy (non-hydrogen) atoms. The molecule has 0 radical (unpaired) electrons. The minimum atomic E-state index is -0.196. The van der Waals surface area contributed by atoms with Gasteiger partial charge in [-0.25, -0.2) is 0 Å². The monoisotopic (exact) mass is 216 g/mol. The number of para-hydroxylation sites is 1. The summed E-state index contributed by atoms with van der Waals surface area (Å²) in [5.74, 6) is 0.128. The van der Waals surface area contributed by atoms with Gasteiger partial charge in [0, 0.05) is 24.4 Å². The lowest BCUT2D eigenvalue weighted by molar-refractivity contribution is 0.476. The summed E-state index contributed by atoms with van der Waals surface area (Å²) in [6, 6.07) is 9.85. The number of hydrogen-bond donors (Lipinski definition) is 2. The second kappa shape index (κ2) is 3.73. The van der Waals surface area contributed by atoms with Crippen molar-refractivity contribution < 1.29 is 5.11 Å². The molecule has 1 aromatic carbocycles. The number of nitrogen functional groups attached to an aromatic ring is 1.